The Balaban J connectivity index is 2.89. The van der Waals surface area contributed by atoms with E-state index in [1.165, 1.54) is 12.1 Å². The summed E-state index contributed by atoms with van der Waals surface area (Å²) in [6.45, 7) is 3.95. The maximum Gasteiger partial charge on any atom is 0.261 e. The average molecular weight is 251 g/mol. The van der Waals surface area contributed by atoms with Crippen LogP contribution >= 0.6 is 0 Å². The third-order valence-electron chi connectivity index (χ3n) is 3.10. The monoisotopic (exact) mass is 251 g/mol. The number of nitrogens with two attached hydrogens (primary N) is 1. The van der Waals surface area contributed by atoms with E-state index in [-0.39, 0.29) is 5.75 Å². The van der Waals surface area contributed by atoms with Gasteiger partial charge < -0.3 is 15.6 Å². The number of carbonyl (C=O) groups is 1. The Morgan fingerprint density at radius 3 is 2.39 bits per heavy atom. The molecule has 0 radical (unpaired) electrons. The molecule has 1 atom stereocenters. The molecule has 1 unspecified atom stereocenters. The number of phenols is 1. The van der Waals surface area contributed by atoms with Gasteiger partial charge in [-0.15, -0.1) is 0 Å². The van der Waals surface area contributed by atoms with Crippen LogP contribution in [0.1, 0.15) is 39.5 Å². The molecule has 3 N–H and O–H groups in total. The normalized spacial score (nSPS) is 13.9. The molecule has 0 aromatic heterocycles. The molecule has 0 bridgehead atoms. The molecule has 0 saturated heterocycles. The van der Waals surface area contributed by atoms with Gasteiger partial charge in [0.05, 0.1) is 0 Å². The molecule has 0 fully saturated rings. The van der Waals surface area contributed by atoms with E-state index in [1.807, 2.05) is 6.92 Å². The lowest BCUT2D eigenvalue weighted by Gasteiger charge is -2.30. The molecule has 4 heteroatoms. The minimum absolute atomic E-state index is 0.164. The molecule has 1 aromatic rings. The number of primary amides is 1. The van der Waals surface area contributed by atoms with Crippen molar-refractivity contribution in [3.8, 4) is 11.5 Å². The average Bonchev–Trinajstić information content (AvgIpc) is 2.36. The van der Waals surface area contributed by atoms with E-state index >= 15 is 0 Å². The van der Waals surface area contributed by atoms with E-state index < -0.39 is 11.5 Å². The van der Waals surface area contributed by atoms with Crippen LogP contribution in [0.2, 0.25) is 0 Å². The number of hydrogen-bond donors (Lipinski definition) is 2. The van der Waals surface area contributed by atoms with Crippen LogP contribution in [-0.2, 0) is 4.79 Å². The molecule has 1 amide bonds. The molecule has 0 spiro atoms. The van der Waals surface area contributed by atoms with Gasteiger partial charge in [0.25, 0.3) is 5.91 Å². The molecule has 1 rings (SSSR count). The van der Waals surface area contributed by atoms with E-state index in [0.29, 0.717) is 18.6 Å². The zero-order valence-corrected chi connectivity index (χ0v) is 11.0. The predicted octanol–water partition coefficient (Wildman–Crippen LogP) is 2.60. The van der Waals surface area contributed by atoms with Crippen molar-refractivity contribution in [2.75, 3.05) is 0 Å². The Morgan fingerprint density at radius 2 is 1.94 bits per heavy atom. The summed E-state index contributed by atoms with van der Waals surface area (Å²) >= 11 is 0. The summed E-state index contributed by atoms with van der Waals surface area (Å²) in [5.41, 5.74) is 4.54. The lowest BCUT2D eigenvalue weighted by Crippen LogP contribution is -2.48. The third kappa shape index (κ3) is 3.39. The zero-order valence-electron chi connectivity index (χ0n) is 11.0. The highest BCUT2D eigenvalue weighted by Gasteiger charge is 2.36. The highest BCUT2D eigenvalue weighted by Crippen LogP contribution is 2.27. The number of rotatable bonds is 7. The van der Waals surface area contributed by atoms with Gasteiger partial charge in [-0.3, -0.25) is 4.79 Å². The first-order chi connectivity index (χ1) is 8.54. The second kappa shape index (κ2) is 6.28. The number of aromatic hydroxyl groups is 1. The van der Waals surface area contributed by atoms with Gasteiger partial charge in [-0.1, -0.05) is 20.3 Å². The third-order valence-corrected chi connectivity index (χ3v) is 3.10. The van der Waals surface area contributed by atoms with Crippen molar-refractivity contribution < 1.29 is 14.6 Å². The zero-order chi connectivity index (χ0) is 13.6. The quantitative estimate of drug-likeness (QED) is 0.782. The summed E-state index contributed by atoms with van der Waals surface area (Å²) in [5, 5.41) is 9.22. The largest absolute Gasteiger partial charge is 0.508 e. The van der Waals surface area contributed by atoms with Crippen LogP contribution in [0.25, 0.3) is 0 Å². The van der Waals surface area contributed by atoms with E-state index in [0.717, 1.165) is 12.8 Å². The summed E-state index contributed by atoms with van der Waals surface area (Å²) in [5.74, 6) is 0.271. The van der Waals surface area contributed by atoms with Crippen LogP contribution in [0.4, 0.5) is 0 Å². The minimum atomic E-state index is -0.951. The summed E-state index contributed by atoms with van der Waals surface area (Å²) in [6.07, 6.45) is 3.00. The van der Waals surface area contributed by atoms with Gasteiger partial charge in [0.2, 0.25) is 0 Å². The van der Waals surface area contributed by atoms with Crippen LogP contribution in [0.5, 0.6) is 11.5 Å². The maximum atomic E-state index is 11.7. The standard InChI is InChI=1S/C14H21NO3/c1-3-5-10-14(4-2,13(15)17)18-12-8-6-11(16)7-9-12/h6-9,16H,3-5,10H2,1-2H3,(H2,15,17). The molecule has 0 aliphatic rings. The second-order valence-corrected chi connectivity index (χ2v) is 4.41. The highest BCUT2D eigenvalue weighted by molar-refractivity contribution is 5.83. The van der Waals surface area contributed by atoms with Gasteiger partial charge in [-0.25, -0.2) is 0 Å². The topological polar surface area (TPSA) is 72.6 Å². The summed E-state index contributed by atoms with van der Waals surface area (Å²) in [7, 11) is 0. The van der Waals surface area contributed by atoms with Gasteiger partial charge in [0.15, 0.2) is 5.60 Å². The lowest BCUT2D eigenvalue weighted by atomic mass is 9.92. The van der Waals surface area contributed by atoms with Crippen LogP contribution in [0.3, 0.4) is 0 Å². The van der Waals surface area contributed by atoms with E-state index in [1.54, 1.807) is 12.1 Å². The maximum absolute atomic E-state index is 11.7. The smallest absolute Gasteiger partial charge is 0.261 e. The lowest BCUT2D eigenvalue weighted by molar-refractivity contribution is -0.134. The van der Waals surface area contributed by atoms with Crippen molar-refractivity contribution in [2.24, 2.45) is 5.73 Å². The number of amides is 1. The summed E-state index contributed by atoms with van der Waals surface area (Å²) < 4.78 is 5.78. The molecule has 4 nitrogen and oxygen atoms in total. The molecule has 18 heavy (non-hydrogen) atoms. The Morgan fingerprint density at radius 1 is 1.33 bits per heavy atom. The van der Waals surface area contributed by atoms with Crippen molar-refractivity contribution in [3.05, 3.63) is 24.3 Å². The predicted molar refractivity (Wildman–Crippen MR) is 70.5 cm³/mol. The van der Waals surface area contributed by atoms with E-state index in [9.17, 15) is 9.90 Å². The number of hydrogen-bond acceptors (Lipinski definition) is 3. The molecular weight excluding hydrogens is 230 g/mol. The first-order valence-corrected chi connectivity index (χ1v) is 6.32. The van der Waals surface area contributed by atoms with Crippen molar-refractivity contribution in [1.82, 2.24) is 0 Å². The van der Waals surface area contributed by atoms with Crippen LogP contribution in [-0.4, -0.2) is 16.6 Å². The molecule has 0 aliphatic carbocycles. The molecular formula is C14H21NO3. The van der Waals surface area contributed by atoms with Gasteiger partial charge in [0, 0.05) is 0 Å². The first kappa shape index (κ1) is 14.4. The molecule has 0 heterocycles. The number of carbonyl (C=O) groups excluding carboxylic acids is 1. The Hall–Kier alpha value is -1.71. The van der Waals surface area contributed by atoms with Gasteiger partial charge in [-0.05, 0) is 43.5 Å². The number of ether oxygens (including phenoxy) is 1. The molecule has 100 valence electrons. The SMILES string of the molecule is CCCCC(CC)(Oc1ccc(O)cc1)C(N)=O. The number of unbranched alkanes of at least 4 members (excludes halogenated alkanes) is 1. The highest BCUT2D eigenvalue weighted by atomic mass is 16.5. The van der Waals surface area contributed by atoms with E-state index in [2.05, 4.69) is 6.92 Å². The molecule has 0 saturated carbocycles. The fourth-order valence-corrected chi connectivity index (χ4v) is 1.85. The molecule has 1 aromatic carbocycles. The Bertz CT molecular complexity index is 389. The van der Waals surface area contributed by atoms with Crippen LogP contribution in [0.15, 0.2) is 24.3 Å². The van der Waals surface area contributed by atoms with Gasteiger partial charge >= 0.3 is 0 Å². The van der Waals surface area contributed by atoms with Crippen molar-refractivity contribution in [3.63, 3.8) is 0 Å². The minimum Gasteiger partial charge on any atom is -0.508 e. The van der Waals surface area contributed by atoms with Gasteiger partial charge in [0.1, 0.15) is 11.5 Å². The first-order valence-electron chi connectivity index (χ1n) is 6.32. The van der Waals surface area contributed by atoms with Crippen LogP contribution in [0, 0.1) is 0 Å². The Kier molecular flexibility index (Phi) is 5.01. The molecule has 0 aliphatic heterocycles. The Labute approximate surface area is 108 Å². The number of benzene rings is 1. The fourth-order valence-electron chi connectivity index (χ4n) is 1.85. The van der Waals surface area contributed by atoms with Crippen molar-refractivity contribution >= 4 is 5.91 Å². The van der Waals surface area contributed by atoms with Crippen molar-refractivity contribution in [2.45, 2.75) is 45.1 Å². The van der Waals surface area contributed by atoms with Gasteiger partial charge in [-0.2, -0.15) is 0 Å². The van der Waals surface area contributed by atoms with E-state index in [4.69, 9.17) is 10.5 Å². The second-order valence-electron chi connectivity index (χ2n) is 4.41. The number of phenolic OH excluding ortho intramolecular Hbond substituents is 1. The fraction of sp³-hybridized carbons (Fsp3) is 0.500. The van der Waals surface area contributed by atoms with Crippen molar-refractivity contribution in [1.29, 1.82) is 0 Å². The summed E-state index contributed by atoms with van der Waals surface area (Å²) in [6, 6.07) is 6.32. The van der Waals surface area contributed by atoms with Crippen LogP contribution < -0.4 is 10.5 Å². The summed E-state index contributed by atoms with van der Waals surface area (Å²) in [4.78, 5) is 11.7.